The molecule has 1 aliphatic heterocycles. The second kappa shape index (κ2) is 6.63. The molecule has 24 heavy (non-hydrogen) atoms. The highest BCUT2D eigenvalue weighted by Gasteiger charge is 2.30. The Labute approximate surface area is 152 Å². The number of nitrogens with zero attached hydrogens (tertiary/aromatic N) is 3. The van der Waals surface area contributed by atoms with E-state index in [0.29, 0.717) is 35.9 Å². The van der Waals surface area contributed by atoms with Gasteiger partial charge in [0.05, 0.1) is 28.5 Å². The Bertz CT molecular complexity index is 869. The molecule has 0 radical (unpaired) electrons. The van der Waals surface area contributed by atoms with Crippen LogP contribution in [-0.2, 0) is 4.79 Å². The summed E-state index contributed by atoms with van der Waals surface area (Å²) in [6.07, 6.45) is 1.94. The number of anilines is 1. The van der Waals surface area contributed by atoms with Gasteiger partial charge in [-0.25, -0.2) is 0 Å². The lowest BCUT2D eigenvalue weighted by Crippen LogP contribution is -2.28. The summed E-state index contributed by atoms with van der Waals surface area (Å²) in [7, 11) is 0. The van der Waals surface area contributed by atoms with E-state index in [-0.39, 0.29) is 10.0 Å². The normalized spacial score (nSPS) is 17.3. The fourth-order valence-electron chi connectivity index (χ4n) is 2.65. The fourth-order valence-corrected chi connectivity index (χ4v) is 3.39. The zero-order valence-electron chi connectivity index (χ0n) is 12.2. The van der Waals surface area contributed by atoms with Gasteiger partial charge in [0, 0.05) is 18.1 Å². The van der Waals surface area contributed by atoms with Gasteiger partial charge in [0.2, 0.25) is 0 Å². The minimum Gasteiger partial charge on any atom is -0.481 e. The van der Waals surface area contributed by atoms with Crippen molar-refractivity contribution >= 4 is 46.5 Å². The summed E-state index contributed by atoms with van der Waals surface area (Å²) in [5, 5.41) is 13.9. The number of hydrogen-bond donors (Lipinski definition) is 1. The molecule has 1 aliphatic rings. The van der Waals surface area contributed by atoms with Crippen molar-refractivity contribution in [3.8, 4) is 5.69 Å². The topological polar surface area (TPSA) is 75.4 Å². The van der Waals surface area contributed by atoms with E-state index in [0.717, 1.165) is 4.68 Å². The SMILES string of the molecule is O=C(O)C1CCN(c2cnn(-c3ccc(Cl)cc3Cl)c(=O)c2Cl)C1. The lowest BCUT2D eigenvalue weighted by Gasteiger charge is -2.19. The van der Waals surface area contributed by atoms with Gasteiger partial charge >= 0.3 is 5.97 Å². The lowest BCUT2D eigenvalue weighted by molar-refractivity contribution is -0.140. The van der Waals surface area contributed by atoms with Gasteiger partial charge in [0.25, 0.3) is 5.56 Å². The van der Waals surface area contributed by atoms with Crippen LogP contribution in [0.15, 0.2) is 29.2 Å². The number of carboxylic acids is 1. The molecule has 1 fully saturated rings. The van der Waals surface area contributed by atoms with Crippen LogP contribution < -0.4 is 10.5 Å². The maximum atomic E-state index is 12.5. The molecule has 3 rings (SSSR count). The van der Waals surface area contributed by atoms with E-state index in [1.54, 1.807) is 17.0 Å². The van der Waals surface area contributed by atoms with Crippen LogP contribution >= 0.6 is 34.8 Å². The molecule has 126 valence electrons. The second-order valence-corrected chi connectivity index (χ2v) is 6.65. The van der Waals surface area contributed by atoms with Crippen LogP contribution in [0.1, 0.15) is 6.42 Å². The third kappa shape index (κ3) is 3.09. The van der Waals surface area contributed by atoms with E-state index >= 15 is 0 Å². The molecule has 1 aromatic carbocycles. The summed E-state index contributed by atoms with van der Waals surface area (Å²) in [6.45, 7) is 0.797. The molecule has 2 aromatic rings. The summed E-state index contributed by atoms with van der Waals surface area (Å²) in [4.78, 5) is 25.4. The van der Waals surface area contributed by atoms with Crippen molar-refractivity contribution in [1.29, 1.82) is 0 Å². The molecule has 9 heteroatoms. The number of hydrogen-bond acceptors (Lipinski definition) is 4. The highest BCUT2D eigenvalue weighted by Crippen LogP contribution is 2.29. The first-order chi connectivity index (χ1) is 11.4. The van der Waals surface area contributed by atoms with Crippen LogP contribution in [0.25, 0.3) is 5.69 Å². The fraction of sp³-hybridized carbons (Fsp3) is 0.267. The van der Waals surface area contributed by atoms with E-state index in [1.807, 2.05) is 0 Å². The van der Waals surface area contributed by atoms with Crippen LogP contribution in [0.5, 0.6) is 0 Å². The van der Waals surface area contributed by atoms with Crippen molar-refractivity contribution in [1.82, 2.24) is 9.78 Å². The van der Waals surface area contributed by atoms with Crippen LogP contribution in [0.4, 0.5) is 5.69 Å². The van der Waals surface area contributed by atoms with Gasteiger partial charge in [0.15, 0.2) is 0 Å². The summed E-state index contributed by atoms with van der Waals surface area (Å²) >= 11 is 18.2. The molecule has 0 aliphatic carbocycles. The molecule has 2 heterocycles. The highest BCUT2D eigenvalue weighted by molar-refractivity contribution is 6.36. The van der Waals surface area contributed by atoms with Crippen LogP contribution in [0.2, 0.25) is 15.1 Å². The predicted octanol–water partition coefficient (Wildman–Crippen LogP) is 3.10. The molecule has 0 spiro atoms. The second-order valence-electron chi connectivity index (χ2n) is 5.43. The van der Waals surface area contributed by atoms with Crippen molar-refractivity contribution < 1.29 is 9.90 Å². The number of benzene rings is 1. The molecule has 0 amide bonds. The van der Waals surface area contributed by atoms with Crippen molar-refractivity contribution in [3.63, 3.8) is 0 Å². The molecule has 1 saturated heterocycles. The third-order valence-electron chi connectivity index (χ3n) is 3.92. The van der Waals surface area contributed by atoms with Gasteiger partial charge in [-0.05, 0) is 24.6 Å². The standard InChI is InChI=1S/C15H12Cl3N3O3/c16-9-1-2-11(10(17)5-9)21-14(22)13(18)12(6-19-21)20-4-3-8(7-20)15(23)24/h1-2,5-6,8H,3-4,7H2,(H,23,24). The van der Waals surface area contributed by atoms with E-state index < -0.39 is 17.4 Å². The number of halogens is 3. The van der Waals surface area contributed by atoms with E-state index in [1.165, 1.54) is 12.3 Å². The van der Waals surface area contributed by atoms with Crippen LogP contribution in [0, 0.1) is 5.92 Å². The van der Waals surface area contributed by atoms with E-state index in [9.17, 15) is 9.59 Å². The monoisotopic (exact) mass is 387 g/mol. The van der Waals surface area contributed by atoms with Gasteiger partial charge < -0.3 is 10.0 Å². The van der Waals surface area contributed by atoms with Gasteiger partial charge in [0.1, 0.15) is 5.02 Å². The van der Waals surface area contributed by atoms with E-state index in [2.05, 4.69) is 5.10 Å². The quantitative estimate of drug-likeness (QED) is 0.874. The van der Waals surface area contributed by atoms with Gasteiger partial charge in [-0.2, -0.15) is 9.78 Å². The summed E-state index contributed by atoms with van der Waals surface area (Å²) in [5.41, 5.74) is 0.258. The predicted molar refractivity (Wildman–Crippen MR) is 92.8 cm³/mol. The molecular formula is C15H12Cl3N3O3. The highest BCUT2D eigenvalue weighted by atomic mass is 35.5. The average molecular weight is 389 g/mol. The zero-order valence-corrected chi connectivity index (χ0v) is 14.5. The Balaban J connectivity index is 1.98. The number of carbonyl (C=O) groups is 1. The van der Waals surface area contributed by atoms with Gasteiger partial charge in [-0.3, -0.25) is 9.59 Å². The summed E-state index contributed by atoms with van der Waals surface area (Å²) in [6, 6.07) is 4.67. The van der Waals surface area contributed by atoms with Crippen molar-refractivity contribution in [2.45, 2.75) is 6.42 Å². The number of rotatable bonds is 3. The molecule has 1 aromatic heterocycles. The van der Waals surface area contributed by atoms with Crippen molar-refractivity contribution in [2.75, 3.05) is 18.0 Å². The first kappa shape index (κ1) is 17.1. The van der Waals surface area contributed by atoms with Crippen molar-refractivity contribution in [3.05, 3.63) is 49.8 Å². The lowest BCUT2D eigenvalue weighted by atomic mass is 10.1. The summed E-state index contributed by atoms with van der Waals surface area (Å²) in [5.74, 6) is -1.34. The summed E-state index contributed by atoms with van der Waals surface area (Å²) < 4.78 is 1.09. The molecular weight excluding hydrogens is 377 g/mol. The average Bonchev–Trinajstić information content (AvgIpc) is 3.01. The van der Waals surface area contributed by atoms with Crippen LogP contribution in [-0.4, -0.2) is 33.9 Å². The molecule has 0 bridgehead atoms. The Morgan fingerprint density at radius 3 is 2.62 bits per heavy atom. The van der Waals surface area contributed by atoms with Crippen LogP contribution in [0.3, 0.4) is 0 Å². The Kier molecular flexibility index (Phi) is 4.71. The van der Waals surface area contributed by atoms with Gasteiger partial charge in [-0.1, -0.05) is 34.8 Å². The van der Waals surface area contributed by atoms with Crippen molar-refractivity contribution in [2.24, 2.45) is 5.92 Å². The molecule has 0 saturated carbocycles. The largest absolute Gasteiger partial charge is 0.481 e. The maximum absolute atomic E-state index is 12.5. The Hall–Kier alpha value is -1.76. The third-order valence-corrected chi connectivity index (χ3v) is 4.81. The first-order valence-corrected chi connectivity index (χ1v) is 8.23. The first-order valence-electron chi connectivity index (χ1n) is 7.09. The van der Waals surface area contributed by atoms with Gasteiger partial charge in [-0.15, -0.1) is 0 Å². The molecule has 1 unspecified atom stereocenters. The zero-order chi connectivity index (χ0) is 17.4. The smallest absolute Gasteiger partial charge is 0.308 e. The number of carboxylic acid groups (broad SMARTS) is 1. The molecule has 1 N–H and O–H groups in total. The Morgan fingerprint density at radius 1 is 1.25 bits per heavy atom. The minimum atomic E-state index is -0.858. The Morgan fingerprint density at radius 2 is 2.00 bits per heavy atom. The number of aliphatic carboxylic acids is 1. The molecule has 6 nitrogen and oxygen atoms in total. The van der Waals surface area contributed by atoms with E-state index in [4.69, 9.17) is 39.9 Å². The molecule has 1 atom stereocenters. The minimum absolute atomic E-state index is 0.0259. The maximum Gasteiger partial charge on any atom is 0.308 e. The number of aromatic nitrogens is 2.